The first-order valence-electron chi connectivity index (χ1n) is 24.4. The van der Waals surface area contributed by atoms with Crippen LogP contribution in [0.2, 0.25) is 10.0 Å². The molecular formula is C53H52Cl2N8O17. The van der Waals surface area contributed by atoms with Crippen LogP contribution in [0.5, 0.6) is 46.0 Å². The third-order valence-corrected chi connectivity index (χ3v) is 13.9. The first-order valence-corrected chi connectivity index (χ1v) is 25.2. The standard InChI is InChI=1S/C53H52Cl2N8O17/c1-19(2)10-29(57-3)47(71)62-42-44(68)21-5-8-33(27(54)12-21)79-35-14-23-15-36(46(35)70)80-34-9-6-22(13-28(34)55)45(69)43-52(76)61-41(53(77)78)26-16-24(64)17-32(66)38(26)25-11-20(4-7-31(25)65)39(49(73)63-43)60-50(74)40(23)59-48(72)30(18-37(56)67)58-51(42)75/h4-9,11-17,19,29-30,39-45,57,64-66,68-70H,10,18H2,1-3H3,(H2,56,67)(H,58,75)(H,59,72)(H,60,74)(H,61,76)(H,62,71)(H,63,73)(H,77,78)/t29-,30+,39-,40-,41-,42?,43+,44-,45-/m1/s1. The van der Waals surface area contributed by atoms with Crippen LogP contribution in [0.25, 0.3) is 11.1 Å². The molecule has 1 unspecified atom stereocenters. The molecule has 5 aliphatic rings. The number of aliphatic carboxylic acids is 1. The van der Waals surface area contributed by atoms with Crippen LogP contribution in [-0.2, 0) is 38.4 Å². The number of carboxylic acid groups (broad SMARTS) is 1. The SMILES string of the molecule is CN[C@H](CC(C)C)C(=O)NC1C(=O)N[C@@H](CC(N)=O)C(=O)N[C@H]2C(=O)N[C@H]3C(=O)N[C@H](C(=O)N[C@@H](C(=O)O)c4cc(O)cc(O)c4-c4cc3ccc4O)[C@H](O)c3ccc(c(Cl)c3)Oc3cc2cc(c3O)Oc2ccc(cc2Cl)[C@H]1O. The minimum atomic E-state index is -2.19. The number of carbonyl (C=O) groups excluding carboxylic acids is 7. The van der Waals surface area contributed by atoms with E-state index in [1.807, 2.05) is 13.8 Å². The Kier molecular flexibility index (Phi) is 16.6. The quantitative estimate of drug-likeness (QED) is 0.106. The summed E-state index contributed by atoms with van der Waals surface area (Å²) in [5.41, 5.74) is 3.31. The average molecular weight is 1140 g/mol. The summed E-state index contributed by atoms with van der Waals surface area (Å²) in [4.78, 5) is 114. The van der Waals surface area contributed by atoms with E-state index in [0.717, 1.165) is 48.5 Å². The molecule has 0 saturated carbocycles. The van der Waals surface area contributed by atoms with Gasteiger partial charge in [-0.05, 0) is 96.2 Å². The van der Waals surface area contributed by atoms with Gasteiger partial charge in [0.05, 0.1) is 22.5 Å². The lowest BCUT2D eigenvalue weighted by molar-refractivity contribution is -0.143. The number of ether oxygens (including phenoxy) is 2. The van der Waals surface area contributed by atoms with Gasteiger partial charge in [-0.2, -0.15) is 0 Å². The highest BCUT2D eigenvalue weighted by atomic mass is 35.5. The van der Waals surface area contributed by atoms with Crippen LogP contribution in [-0.4, -0.2) is 114 Å². The summed E-state index contributed by atoms with van der Waals surface area (Å²) in [7, 11) is 1.50. The van der Waals surface area contributed by atoms with Crippen molar-refractivity contribution in [2.24, 2.45) is 11.7 Å². The summed E-state index contributed by atoms with van der Waals surface area (Å²) in [5.74, 6) is -15.0. The lowest BCUT2D eigenvalue weighted by atomic mass is 9.89. The molecule has 7 amide bonds. The first-order chi connectivity index (χ1) is 37.8. The maximum atomic E-state index is 15.4. The molecule has 0 spiro atoms. The van der Waals surface area contributed by atoms with Crippen molar-refractivity contribution in [1.82, 2.24) is 37.2 Å². The molecule has 5 aromatic rings. The topological polar surface area (TPSA) is 407 Å². The molecule has 0 saturated heterocycles. The fourth-order valence-corrected chi connectivity index (χ4v) is 9.80. The van der Waals surface area contributed by atoms with Gasteiger partial charge in [-0.15, -0.1) is 0 Å². The summed E-state index contributed by atoms with van der Waals surface area (Å²) < 4.78 is 12.2. The van der Waals surface area contributed by atoms with Crippen molar-refractivity contribution in [2.45, 2.75) is 81.2 Å². The van der Waals surface area contributed by atoms with Gasteiger partial charge < -0.3 is 88.2 Å². The Hall–Kier alpha value is -8.88. The molecule has 0 fully saturated rings. The van der Waals surface area contributed by atoms with Crippen molar-refractivity contribution in [2.75, 3.05) is 7.05 Å². The minimum Gasteiger partial charge on any atom is -0.508 e. The van der Waals surface area contributed by atoms with Crippen molar-refractivity contribution in [3.05, 3.63) is 117 Å². The molecule has 25 nitrogen and oxygen atoms in total. The van der Waals surface area contributed by atoms with Crippen molar-refractivity contribution in [1.29, 1.82) is 0 Å². The fourth-order valence-electron chi connectivity index (χ4n) is 9.34. The Bertz CT molecular complexity index is 3380. The highest BCUT2D eigenvalue weighted by molar-refractivity contribution is 6.32. The first kappa shape index (κ1) is 57.3. The number of likely N-dealkylation sites (N-methyl/N-ethyl adjacent to an activating group) is 1. The number of nitrogens with two attached hydrogens (primary N) is 1. The number of halogens is 2. The van der Waals surface area contributed by atoms with Crippen LogP contribution < -0.4 is 52.4 Å². The highest BCUT2D eigenvalue weighted by Crippen LogP contribution is 2.47. The number of hydrogen-bond acceptors (Lipinski definition) is 17. The zero-order valence-electron chi connectivity index (χ0n) is 42.2. The van der Waals surface area contributed by atoms with Gasteiger partial charge in [-0.3, -0.25) is 33.6 Å². The number of nitrogens with one attached hydrogen (secondary N) is 7. The number of primary amides is 1. The van der Waals surface area contributed by atoms with Gasteiger partial charge in [0.15, 0.2) is 17.5 Å². The smallest absolute Gasteiger partial charge is 0.330 e. The lowest BCUT2D eigenvalue weighted by Gasteiger charge is -2.31. The number of hydrogen-bond donors (Lipinski definition) is 15. The Balaban J connectivity index is 1.36. The Morgan fingerprint density at radius 2 is 1.23 bits per heavy atom. The third-order valence-electron chi connectivity index (χ3n) is 13.3. The number of benzene rings is 5. The van der Waals surface area contributed by atoms with Gasteiger partial charge >= 0.3 is 5.97 Å². The maximum Gasteiger partial charge on any atom is 0.330 e. The number of phenols is 4. The van der Waals surface area contributed by atoms with Gasteiger partial charge in [0.25, 0.3) is 0 Å². The fraction of sp³-hybridized carbons (Fsp3) is 0.283. The number of carbonyl (C=O) groups is 8. The van der Waals surface area contributed by atoms with Crippen molar-refractivity contribution < 1.29 is 83.6 Å². The van der Waals surface area contributed by atoms with E-state index in [0.29, 0.717) is 0 Å². The van der Waals surface area contributed by atoms with E-state index < -0.39 is 159 Å². The van der Waals surface area contributed by atoms with Crippen molar-refractivity contribution in [3.8, 4) is 57.1 Å². The number of phenolic OH excluding ortho intramolecular Hbond substituents is 4. The molecule has 0 aromatic heterocycles. The second-order valence-corrected chi connectivity index (χ2v) is 20.2. The van der Waals surface area contributed by atoms with Gasteiger partial charge in [-0.25, -0.2) is 4.79 Å². The average Bonchev–Trinajstić information content (AvgIpc) is 3.39. The van der Waals surface area contributed by atoms with Crippen LogP contribution in [0.1, 0.15) is 84.8 Å². The Labute approximate surface area is 463 Å². The van der Waals surface area contributed by atoms with Gasteiger partial charge in [-0.1, -0.05) is 55.2 Å². The normalized spacial score (nSPS) is 22.4. The molecule has 27 heteroatoms. The molecule has 80 heavy (non-hydrogen) atoms. The molecule has 0 aliphatic carbocycles. The van der Waals surface area contributed by atoms with Crippen molar-refractivity contribution in [3.63, 3.8) is 0 Å². The van der Waals surface area contributed by atoms with E-state index in [1.165, 1.54) is 37.4 Å². The lowest BCUT2D eigenvalue weighted by Crippen LogP contribution is -2.59. The number of aliphatic hydroxyl groups is 2. The number of amides is 7. The van der Waals surface area contributed by atoms with Crippen LogP contribution in [0, 0.1) is 5.92 Å². The summed E-state index contributed by atoms with van der Waals surface area (Å²) in [6.07, 6.45) is -4.77. The number of fused-ring (bicyclic) bond motifs is 15. The Morgan fingerprint density at radius 3 is 1.80 bits per heavy atom. The van der Waals surface area contributed by atoms with E-state index in [4.69, 9.17) is 38.4 Å². The maximum absolute atomic E-state index is 15.4. The molecule has 5 heterocycles. The zero-order valence-corrected chi connectivity index (χ0v) is 43.8. The molecule has 16 N–H and O–H groups in total. The number of carboxylic acids is 1. The number of aliphatic hydroxyl groups excluding tert-OH is 2. The second kappa shape index (κ2) is 23.2. The highest BCUT2D eigenvalue weighted by Gasteiger charge is 2.41. The zero-order chi connectivity index (χ0) is 58.2. The van der Waals surface area contributed by atoms with E-state index in [2.05, 4.69) is 37.2 Å². The van der Waals surface area contributed by atoms with E-state index in [-0.39, 0.29) is 56.1 Å². The summed E-state index contributed by atoms with van der Waals surface area (Å²) >= 11 is 13.5. The largest absolute Gasteiger partial charge is 0.508 e. The summed E-state index contributed by atoms with van der Waals surface area (Å²) in [5, 5.41) is 96.1. The molecule has 420 valence electrons. The summed E-state index contributed by atoms with van der Waals surface area (Å²) in [6, 6.07) is 0.577. The van der Waals surface area contributed by atoms with Gasteiger partial charge in [0.2, 0.25) is 47.1 Å². The van der Waals surface area contributed by atoms with E-state index in [1.54, 1.807) is 0 Å². The minimum absolute atomic E-state index is 0.0350. The van der Waals surface area contributed by atoms with Crippen LogP contribution in [0.3, 0.4) is 0 Å². The van der Waals surface area contributed by atoms with Crippen molar-refractivity contribution >= 4 is 70.5 Å². The third kappa shape index (κ3) is 11.9. The van der Waals surface area contributed by atoms with Crippen LogP contribution >= 0.6 is 23.2 Å². The Morgan fingerprint density at radius 1 is 0.650 bits per heavy atom. The monoisotopic (exact) mass is 1140 g/mol. The van der Waals surface area contributed by atoms with E-state index in [9.17, 15) is 69.3 Å². The van der Waals surface area contributed by atoms with Crippen LogP contribution in [0.4, 0.5) is 0 Å². The molecule has 5 aliphatic heterocycles. The molecular weight excluding hydrogens is 1090 g/mol. The number of aromatic hydroxyl groups is 4. The summed E-state index contributed by atoms with van der Waals surface area (Å²) in [6.45, 7) is 3.68. The van der Waals surface area contributed by atoms with E-state index >= 15 is 4.79 Å². The predicted octanol–water partition coefficient (Wildman–Crippen LogP) is 2.40. The molecule has 11 bridgehead atoms. The second-order valence-electron chi connectivity index (χ2n) is 19.4. The molecule has 0 radical (unpaired) electrons. The predicted molar refractivity (Wildman–Crippen MR) is 280 cm³/mol. The molecule has 10 rings (SSSR count). The van der Waals surface area contributed by atoms with Gasteiger partial charge in [0.1, 0.15) is 71.2 Å². The number of rotatable bonds is 8. The molecule has 9 atom stereocenters. The molecule has 5 aromatic carbocycles. The van der Waals surface area contributed by atoms with Crippen LogP contribution in [0.15, 0.2) is 78.9 Å². The van der Waals surface area contributed by atoms with Gasteiger partial charge in [0, 0.05) is 22.8 Å².